The predicted molar refractivity (Wildman–Crippen MR) is 106 cm³/mol. The highest BCUT2D eigenvalue weighted by Gasteiger charge is 2.34. The largest absolute Gasteiger partial charge is 0.467 e. The van der Waals surface area contributed by atoms with Crippen LogP contribution in [0.3, 0.4) is 0 Å². The van der Waals surface area contributed by atoms with Gasteiger partial charge in [0.2, 0.25) is 5.88 Å². The molecule has 2 aromatic heterocycles. The van der Waals surface area contributed by atoms with Crippen molar-refractivity contribution >= 4 is 5.69 Å². The average Bonchev–Trinajstić information content (AvgIpc) is 3.23. The second-order valence-corrected chi connectivity index (χ2v) is 6.81. The van der Waals surface area contributed by atoms with E-state index in [0.717, 1.165) is 0 Å². The first kappa shape index (κ1) is 19.0. The average molecular weight is 404 g/mol. The zero-order chi connectivity index (χ0) is 21.4. The Morgan fingerprint density at radius 1 is 1.30 bits per heavy atom. The molecule has 3 heterocycles. The van der Waals surface area contributed by atoms with Crippen LogP contribution in [0.4, 0.5) is 5.69 Å². The fourth-order valence-corrected chi connectivity index (χ4v) is 3.56. The quantitative estimate of drug-likeness (QED) is 0.521. The molecule has 0 unspecified atom stereocenters. The molecule has 0 saturated heterocycles. The van der Waals surface area contributed by atoms with E-state index in [9.17, 15) is 20.2 Å². The number of nitriles is 1. The summed E-state index contributed by atoms with van der Waals surface area (Å²) >= 11 is 0. The molecule has 2 N–H and O–H groups in total. The van der Waals surface area contributed by atoms with Gasteiger partial charge in [-0.3, -0.25) is 14.9 Å². The maximum absolute atomic E-state index is 13.4. The van der Waals surface area contributed by atoms with E-state index in [4.69, 9.17) is 14.9 Å². The van der Waals surface area contributed by atoms with E-state index in [1.54, 1.807) is 25.1 Å². The highest BCUT2D eigenvalue weighted by molar-refractivity contribution is 5.56. The Kier molecular flexibility index (Phi) is 4.60. The lowest BCUT2D eigenvalue weighted by Gasteiger charge is -2.27. The van der Waals surface area contributed by atoms with E-state index in [1.165, 1.54) is 35.1 Å². The molecule has 0 amide bonds. The van der Waals surface area contributed by atoms with Crippen LogP contribution < -0.4 is 16.0 Å². The topological polar surface area (TPSA) is 137 Å². The second-order valence-electron chi connectivity index (χ2n) is 6.81. The van der Waals surface area contributed by atoms with Gasteiger partial charge in [-0.25, -0.2) is 0 Å². The second kappa shape index (κ2) is 7.25. The number of nitrogens with zero attached hydrogens (tertiary/aromatic N) is 3. The summed E-state index contributed by atoms with van der Waals surface area (Å²) in [6.07, 6.45) is 1.52. The number of benzene rings is 1. The summed E-state index contributed by atoms with van der Waals surface area (Å²) < 4.78 is 12.5. The molecule has 1 atom stereocenters. The van der Waals surface area contributed by atoms with Crippen molar-refractivity contribution in [3.8, 4) is 11.8 Å². The number of aromatic nitrogens is 1. The molecule has 1 aliphatic heterocycles. The lowest BCUT2D eigenvalue weighted by Crippen LogP contribution is -2.33. The van der Waals surface area contributed by atoms with Crippen molar-refractivity contribution in [1.29, 1.82) is 5.26 Å². The van der Waals surface area contributed by atoms with Gasteiger partial charge in [0.15, 0.2) is 0 Å². The molecule has 150 valence electrons. The van der Waals surface area contributed by atoms with Crippen molar-refractivity contribution in [2.75, 3.05) is 0 Å². The first-order chi connectivity index (χ1) is 14.4. The number of rotatable bonds is 4. The van der Waals surface area contributed by atoms with Gasteiger partial charge in [0.25, 0.3) is 11.2 Å². The number of nitro groups is 1. The van der Waals surface area contributed by atoms with Crippen LogP contribution in [0, 0.1) is 28.4 Å². The van der Waals surface area contributed by atoms with Gasteiger partial charge < -0.3 is 19.5 Å². The van der Waals surface area contributed by atoms with Crippen LogP contribution in [0.15, 0.2) is 69.4 Å². The third kappa shape index (κ3) is 3.10. The van der Waals surface area contributed by atoms with Crippen molar-refractivity contribution in [2.24, 2.45) is 5.73 Å². The van der Waals surface area contributed by atoms with Crippen LogP contribution in [-0.4, -0.2) is 9.49 Å². The maximum atomic E-state index is 13.4. The van der Waals surface area contributed by atoms with Crippen LogP contribution in [0.25, 0.3) is 0 Å². The number of pyridine rings is 1. The van der Waals surface area contributed by atoms with E-state index in [1.807, 2.05) is 6.07 Å². The summed E-state index contributed by atoms with van der Waals surface area (Å²) in [6, 6.07) is 12.9. The van der Waals surface area contributed by atoms with Crippen LogP contribution in [-0.2, 0) is 6.54 Å². The van der Waals surface area contributed by atoms with Gasteiger partial charge in [-0.1, -0.05) is 12.1 Å². The van der Waals surface area contributed by atoms with Crippen molar-refractivity contribution in [1.82, 2.24) is 4.57 Å². The Morgan fingerprint density at radius 3 is 2.63 bits per heavy atom. The minimum absolute atomic E-state index is 0.0712. The molecule has 0 saturated carbocycles. The molecule has 0 radical (unpaired) electrons. The first-order valence-electron chi connectivity index (χ1n) is 8.99. The molecular formula is C21H16N4O5. The van der Waals surface area contributed by atoms with Gasteiger partial charge in [0.05, 0.1) is 29.2 Å². The summed E-state index contributed by atoms with van der Waals surface area (Å²) in [5.74, 6) is -0.0567. The van der Waals surface area contributed by atoms with Crippen LogP contribution in [0.2, 0.25) is 0 Å². The van der Waals surface area contributed by atoms with Gasteiger partial charge in [0, 0.05) is 23.9 Å². The number of hydrogen-bond donors (Lipinski definition) is 1. The molecule has 30 heavy (non-hydrogen) atoms. The molecule has 0 aliphatic carbocycles. The lowest BCUT2D eigenvalue weighted by atomic mass is 9.84. The molecule has 0 fully saturated rings. The van der Waals surface area contributed by atoms with E-state index in [-0.39, 0.29) is 40.6 Å². The number of allylic oxidation sites excluding steroid dienone is 1. The summed E-state index contributed by atoms with van der Waals surface area (Å²) in [6.45, 7) is 1.97. The van der Waals surface area contributed by atoms with Gasteiger partial charge in [0.1, 0.15) is 23.2 Å². The zero-order valence-electron chi connectivity index (χ0n) is 15.9. The molecule has 3 aromatic rings. The van der Waals surface area contributed by atoms with E-state index < -0.39 is 10.8 Å². The molecule has 0 bridgehead atoms. The molecule has 9 heteroatoms. The number of nitrogens with two attached hydrogens (primary N) is 1. The smallest absolute Gasteiger partial charge is 0.269 e. The summed E-state index contributed by atoms with van der Waals surface area (Å²) in [5, 5.41) is 20.7. The minimum atomic E-state index is -0.810. The molecule has 0 spiro atoms. The summed E-state index contributed by atoms with van der Waals surface area (Å²) in [5.41, 5.74) is 6.98. The Hall–Kier alpha value is -4.32. The fourth-order valence-electron chi connectivity index (χ4n) is 3.56. The van der Waals surface area contributed by atoms with Crippen LogP contribution >= 0.6 is 0 Å². The predicted octanol–water partition coefficient (Wildman–Crippen LogP) is 2.92. The summed E-state index contributed by atoms with van der Waals surface area (Å²) in [4.78, 5) is 23.9. The Labute approximate surface area is 170 Å². The number of hydrogen-bond acceptors (Lipinski definition) is 7. The number of ether oxygens (including phenoxy) is 1. The normalized spacial score (nSPS) is 15.3. The highest BCUT2D eigenvalue weighted by atomic mass is 16.6. The fraction of sp³-hybridized carbons (Fsp3) is 0.143. The number of furan rings is 1. The number of non-ortho nitro benzene ring substituents is 1. The molecule has 1 aliphatic rings. The van der Waals surface area contributed by atoms with Gasteiger partial charge >= 0.3 is 0 Å². The van der Waals surface area contributed by atoms with Gasteiger partial charge in [-0.05, 0) is 24.6 Å². The van der Waals surface area contributed by atoms with E-state index in [0.29, 0.717) is 17.0 Å². The molecule has 9 nitrogen and oxygen atoms in total. The number of fused-ring (bicyclic) bond motifs is 1. The van der Waals surface area contributed by atoms with Crippen molar-refractivity contribution < 1.29 is 14.1 Å². The van der Waals surface area contributed by atoms with Crippen LogP contribution in [0.5, 0.6) is 5.75 Å². The summed E-state index contributed by atoms with van der Waals surface area (Å²) in [7, 11) is 0. The maximum Gasteiger partial charge on any atom is 0.269 e. The monoisotopic (exact) mass is 404 g/mol. The van der Waals surface area contributed by atoms with Crippen LogP contribution in [0.1, 0.15) is 28.5 Å². The Morgan fingerprint density at radius 2 is 2.03 bits per heavy atom. The van der Waals surface area contributed by atoms with Crippen molar-refractivity contribution in [2.45, 2.75) is 19.4 Å². The van der Waals surface area contributed by atoms with Crippen molar-refractivity contribution in [3.63, 3.8) is 0 Å². The van der Waals surface area contributed by atoms with Gasteiger partial charge in [-0.15, -0.1) is 0 Å². The lowest BCUT2D eigenvalue weighted by molar-refractivity contribution is -0.384. The SMILES string of the molecule is Cc1cc2c(c(=O)n1Cc1ccco1)[C@H](c1ccc([N+](=O)[O-])cc1)C(C#N)=C(N)O2. The molecule has 4 rings (SSSR count). The Balaban J connectivity index is 1.91. The van der Waals surface area contributed by atoms with E-state index in [2.05, 4.69) is 0 Å². The number of aryl methyl sites for hydroxylation is 1. The zero-order valence-corrected chi connectivity index (χ0v) is 15.9. The molecule has 1 aromatic carbocycles. The highest BCUT2D eigenvalue weighted by Crippen LogP contribution is 2.40. The molecular weight excluding hydrogens is 388 g/mol. The third-order valence-corrected chi connectivity index (χ3v) is 5.02. The van der Waals surface area contributed by atoms with E-state index >= 15 is 0 Å². The standard InChI is InChI=1S/C21H16N4O5/c1-12-9-17-19(21(26)24(12)11-15-3-2-8-29-15)18(16(10-22)20(23)30-17)13-4-6-14(7-5-13)25(27)28/h2-9,18H,11,23H2,1H3/t18-/m1/s1. The van der Waals surface area contributed by atoms with Gasteiger partial charge in [-0.2, -0.15) is 5.26 Å². The number of nitro benzene ring substituents is 1. The first-order valence-corrected chi connectivity index (χ1v) is 8.99. The third-order valence-electron chi connectivity index (χ3n) is 5.02. The Bertz CT molecular complexity index is 1260. The minimum Gasteiger partial charge on any atom is -0.467 e. The van der Waals surface area contributed by atoms with Crippen molar-refractivity contribution in [3.05, 3.63) is 103 Å².